The van der Waals surface area contributed by atoms with Gasteiger partial charge in [0, 0.05) is 18.9 Å². The van der Waals surface area contributed by atoms with Gasteiger partial charge in [-0.2, -0.15) is 5.26 Å². The molecule has 0 fully saturated rings. The Morgan fingerprint density at radius 2 is 1.91 bits per heavy atom. The Bertz CT molecular complexity index is 963. The highest BCUT2D eigenvalue weighted by Crippen LogP contribution is 2.28. The van der Waals surface area contributed by atoms with Gasteiger partial charge in [0.05, 0.1) is 19.5 Å². The van der Waals surface area contributed by atoms with E-state index in [2.05, 4.69) is 14.3 Å². The third-order valence-electron chi connectivity index (χ3n) is 4.69. The number of nitrogens with zero attached hydrogens (tertiary/aromatic N) is 3. The minimum Gasteiger partial charge on any atom is -0.504 e. The van der Waals surface area contributed by atoms with E-state index in [9.17, 15) is 20.0 Å². The molecule has 33 heavy (non-hydrogen) atoms. The second-order valence-corrected chi connectivity index (χ2v) is 7.24. The molecule has 2 rings (SSSR count). The first-order valence-corrected chi connectivity index (χ1v) is 11.0. The van der Waals surface area contributed by atoms with E-state index in [-0.39, 0.29) is 30.3 Å². The molecule has 9 nitrogen and oxygen atoms in total. The summed E-state index contributed by atoms with van der Waals surface area (Å²) in [6.45, 7) is 2.95. The van der Waals surface area contributed by atoms with Crippen molar-refractivity contribution in [3.63, 3.8) is 0 Å². The molecule has 0 aliphatic carbocycles. The summed E-state index contributed by atoms with van der Waals surface area (Å²) >= 11 is 0. The fourth-order valence-corrected chi connectivity index (χ4v) is 3.01. The van der Waals surface area contributed by atoms with Gasteiger partial charge in [0.25, 0.3) is 0 Å². The number of phenolic OH excluding ortho intramolecular Hbond substituents is 1. The fourth-order valence-electron chi connectivity index (χ4n) is 3.01. The molecule has 1 heterocycles. The van der Waals surface area contributed by atoms with Crippen LogP contribution in [0.15, 0.2) is 42.5 Å². The third-order valence-corrected chi connectivity index (χ3v) is 4.69. The van der Waals surface area contributed by atoms with Crippen LogP contribution in [0.4, 0.5) is 4.79 Å². The van der Waals surface area contributed by atoms with Crippen molar-refractivity contribution < 1.29 is 28.9 Å². The molecular weight excluding hydrogens is 426 g/mol. The summed E-state index contributed by atoms with van der Waals surface area (Å²) in [5.41, 5.74) is 0.193. The van der Waals surface area contributed by atoms with E-state index in [1.165, 1.54) is 24.3 Å². The van der Waals surface area contributed by atoms with Gasteiger partial charge in [-0.3, -0.25) is 0 Å². The molecular formula is C24H29N3O6. The van der Waals surface area contributed by atoms with Crippen molar-refractivity contribution in [2.45, 2.75) is 52.0 Å². The standard InChI is InChI=1S/C24H29N3O6/c1-2-31-24(30)33-22-16-19(9-10-21(22)28)15-20(17-25)23(29)32-14-8-6-4-3-5-7-12-27-13-11-26-18-27/h9-11,13,15-16,18,28H,2-8,12,14H2,1H3. The highest BCUT2D eigenvalue weighted by atomic mass is 16.7. The van der Waals surface area contributed by atoms with Crippen LogP contribution in [0.3, 0.4) is 0 Å². The summed E-state index contributed by atoms with van der Waals surface area (Å²) in [6.07, 6.45) is 12.0. The summed E-state index contributed by atoms with van der Waals surface area (Å²) < 4.78 is 16.8. The molecule has 0 unspecified atom stereocenters. The average Bonchev–Trinajstić information content (AvgIpc) is 3.32. The van der Waals surface area contributed by atoms with Gasteiger partial charge in [-0.25, -0.2) is 14.6 Å². The Kier molecular flexibility index (Phi) is 11.0. The molecule has 0 saturated carbocycles. The van der Waals surface area contributed by atoms with Crippen LogP contribution in [0.2, 0.25) is 0 Å². The predicted molar refractivity (Wildman–Crippen MR) is 120 cm³/mol. The van der Waals surface area contributed by atoms with Crippen LogP contribution in [-0.4, -0.2) is 40.0 Å². The predicted octanol–water partition coefficient (Wildman–Crippen LogP) is 4.61. The average molecular weight is 456 g/mol. The van der Waals surface area contributed by atoms with Gasteiger partial charge < -0.3 is 23.9 Å². The number of hydrogen-bond acceptors (Lipinski definition) is 8. The lowest BCUT2D eigenvalue weighted by atomic mass is 10.1. The maximum absolute atomic E-state index is 12.2. The van der Waals surface area contributed by atoms with Gasteiger partial charge in [-0.05, 0) is 43.5 Å². The van der Waals surface area contributed by atoms with Crippen molar-refractivity contribution in [2.75, 3.05) is 13.2 Å². The zero-order chi connectivity index (χ0) is 23.9. The van der Waals surface area contributed by atoms with E-state index >= 15 is 0 Å². The summed E-state index contributed by atoms with van der Waals surface area (Å²) in [6, 6.07) is 5.91. The molecule has 0 aliphatic rings. The minimum atomic E-state index is -0.966. The van der Waals surface area contributed by atoms with Crippen LogP contribution < -0.4 is 4.74 Å². The topological polar surface area (TPSA) is 124 Å². The molecule has 1 N–H and O–H groups in total. The van der Waals surface area contributed by atoms with Crippen molar-refractivity contribution in [3.05, 3.63) is 48.1 Å². The van der Waals surface area contributed by atoms with Crippen molar-refractivity contribution in [1.82, 2.24) is 9.55 Å². The van der Waals surface area contributed by atoms with Crippen molar-refractivity contribution in [1.29, 1.82) is 5.26 Å². The van der Waals surface area contributed by atoms with Gasteiger partial charge in [-0.1, -0.05) is 31.7 Å². The number of imidazole rings is 1. The number of carbonyl (C=O) groups excluding carboxylic acids is 2. The molecule has 0 spiro atoms. The van der Waals surface area contributed by atoms with E-state index in [0.29, 0.717) is 5.56 Å². The molecule has 1 aromatic heterocycles. The smallest absolute Gasteiger partial charge is 0.504 e. The molecule has 0 amide bonds. The lowest BCUT2D eigenvalue weighted by Gasteiger charge is -2.07. The van der Waals surface area contributed by atoms with E-state index < -0.39 is 12.1 Å². The Balaban J connectivity index is 1.72. The lowest BCUT2D eigenvalue weighted by molar-refractivity contribution is -0.138. The Morgan fingerprint density at radius 3 is 2.61 bits per heavy atom. The number of aryl methyl sites for hydroxylation is 1. The zero-order valence-corrected chi connectivity index (χ0v) is 18.7. The number of carbonyl (C=O) groups is 2. The number of aromatic nitrogens is 2. The lowest BCUT2D eigenvalue weighted by Crippen LogP contribution is -2.10. The SMILES string of the molecule is CCOC(=O)Oc1cc(C=C(C#N)C(=O)OCCCCCCCCn2ccnc2)ccc1O. The molecule has 176 valence electrons. The number of hydrogen-bond donors (Lipinski definition) is 1. The molecule has 2 aromatic rings. The number of phenols is 1. The highest BCUT2D eigenvalue weighted by Gasteiger charge is 2.13. The minimum absolute atomic E-state index is 0.121. The van der Waals surface area contributed by atoms with Crippen molar-refractivity contribution in [3.8, 4) is 17.6 Å². The molecule has 0 radical (unpaired) electrons. The van der Waals surface area contributed by atoms with Gasteiger partial charge >= 0.3 is 12.1 Å². The largest absolute Gasteiger partial charge is 0.513 e. The maximum Gasteiger partial charge on any atom is 0.513 e. The second kappa shape index (κ2) is 14.3. The number of rotatable bonds is 13. The zero-order valence-electron chi connectivity index (χ0n) is 18.7. The van der Waals surface area contributed by atoms with Crippen LogP contribution in [-0.2, 0) is 20.8 Å². The van der Waals surface area contributed by atoms with E-state index in [4.69, 9.17) is 9.47 Å². The number of aromatic hydroxyl groups is 1. The van der Waals surface area contributed by atoms with Crippen LogP contribution in [0.25, 0.3) is 6.08 Å². The van der Waals surface area contributed by atoms with Crippen LogP contribution in [0, 0.1) is 11.3 Å². The number of unbranched alkanes of at least 4 members (excludes halogenated alkanes) is 5. The summed E-state index contributed by atoms with van der Waals surface area (Å²) in [7, 11) is 0. The number of nitriles is 1. The maximum atomic E-state index is 12.2. The fraction of sp³-hybridized carbons (Fsp3) is 0.417. The first-order valence-electron chi connectivity index (χ1n) is 11.0. The molecule has 0 aliphatic heterocycles. The van der Waals surface area contributed by atoms with Crippen LogP contribution in [0.5, 0.6) is 11.5 Å². The van der Waals surface area contributed by atoms with Gasteiger partial charge in [-0.15, -0.1) is 0 Å². The second-order valence-electron chi connectivity index (χ2n) is 7.24. The third kappa shape index (κ3) is 9.47. The van der Waals surface area contributed by atoms with Gasteiger partial charge in [0.15, 0.2) is 11.5 Å². The first-order chi connectivity index (χ1) is 16.0. The summed E-state index contributed by atoms with van der Waals surface area (Å²) in [4.78, 5) is 27.7. The number of ether oxygens (including phenoxy) is 3. The Labute approximate surface area is 193 Å². The molecule has 0 bridgehead atoms. The highest BCUT2D eigenvalue weighted by molar-refractivity contribution is 5.98. The van der Waals surface area contributed by atoms with Crippen molar-refractivity contribution >= 4 is 18.2 Å². The Hall–Kier alpha value is -3.80. The van der Waals surface area contributed by atoms with Crippen molar-refractivity contribution in [2.24, 2.45) is 0 Å². The van der Waals surface area contributed by atoms with Crippen LogP contribution >= 0.6 is 0 Å². The van der Waals surface area contributed by atoms with Gasteiger partial charge in [0.2, 0.25) is 0 Å². The van der Waals surface area contributed by atoms with Crippen LogP contribution in [0.1, 0.15) is 51.0 Å². The Morgan fingerprint density at radius 1 is 1.15 bits per heavy atom. The normalized spacial score (nSPS) is 11.0. The quantitative estimate of drug-likeness (QED) is 0.153. The molecule has 9 heteroatoms. The van der Waals surface area contributed by atoms with E-state index in [1.54, 1.807) is 13.1 Å². The first kappa shape index (κ1) is 25.5. The monoisotopic (exact) mass is 455 g/mol. The molecule has 0 saturated heterocycles. The molecule has 0 atom stereocenters. The van der Waals surface area contributed by atoms with E-state index in [1.807, 2.05) is 18.6 Å². The summed E-state index contributed by atoms with van der Waals surface area (Å²) in [5, 5.41) is 19.1. The molecule has 1 aromatic carbocycles. The number of esters is 1. The van der Waals surface area contributed by atoms with Gasteiger partial charge in [0.1, 0.15) is 11.6 Å². The summed E-state index contributed by atoms with van der Waals surface area (Å²) in [5.74, 6) is -1.14. The van der Waals surface area contributed by atoms with E-state index in [0.717, 1.165) is 45.1 Å². The number of benzene rings is 1.